The molecule has 1 aromatic rings. The summed E-state index contributed by atoms with van der Waals surface area (Å²) in [4.78, 5) is 22.4. The molecule has 1 rings (SSSR count). The van der Waals surface area contributed by atoms with Crippen LogP contribution in [0.3, 0.4) is 0 Å². The molecule has 0 radical (unpaired) electrons. The number of amides is 1. The molecule has 16 nitrogen and oxygen atoms in total. The molecule has 0 aliphatic carbocycles. The predicted molar refractivity (Wildman–Crippen MR) is 185 cm³/mol. The van der Waals surface area contributed by atoms with Crippen LogP contribution in [0, 0.1) is 29.1 Å². The van der Waals surface area contributed by atoms with E-state index >= 15 is 0 Å². The first-order valence-electron chi connectivity index (χ1n) is 18.1. The van der Waals surface area contributed by atoms with Crippen LogP contribution >= 0.6 is 0 Å². The van der Waals surface area contributed by atoms with E-state index in [-0.39, 0.29) is 32.3 Å². The van der Waals surface area contributed by atoms with E-state index < -0.39 is 47.2 Å². The smallest absolute Gasteiger partial charge is 0.313 e. The van der Waals surface area contributed by atoms with Gasteiger partial charge in [-0.3, -0.25) is 9.59 Å². The lowest BCUT2D eigenvalue weighted by atomic mass is 10.2. The molecule has 326 valence electrons. The number of ether oxygens (including phenoxy) is 13. The van der Waals surface area contributed by atoms with Crippen molar-refractivity contribution in [2.75, 3.05) is 165 Å². The first-order chi connectivity index (χ1) is 27.3. The molecule has 0 saturated carbocycles. The molecule has 0 unspecified atom stereocenters. The van der Waals surface area contributed by atoms with Crippen molar-refractivity contribution in [1.29, 1.82) is 0 Å². The Morgan fingerprint density at radius 3 is 0.875 bits per heavy atom. The van der Waals surface area contributed by atoms with Gasteiger partial charge < -0.3 is 66.9 Å². The van der Waals surface area contributed by atoms with Crippen LogP contribution in [0.25, 0.3) is 0 Å². The van der Waals surface area contributed by atoms with Crippen molar-refractivity contribution in [2.45, 2.75) is 13.3 Å². The monoisotopic (exact) mass is 825 g/mol. The van der Waals surface area contributed by atoms with Crippen LogP contribution in [-0.2, 0) is 66.4 Å². The zero-order chi connectivity index (χ0) is 40.9. The predicted octanol–water partition coefficient (Wildman–Crippen LogP) is 2.01. The van der Waals surface area contributed by atoms with Gasteiger partial charge in [-0.05, 0) is 0 Å². The Morgan fingerprint density at radius 2 is 0.607 bits per heavy atom. The molecule has 0 bridgehead atoms. The summed E-state index contributed by atoms with van der Waals surface area (Å²) < 4.78 is 135. The molecule has 0 atom stereocenters. The molecule has 0 saturated heterocycles. The highest BCUT2D eigenvalue weighted by Crippen LogP contribution is 2.29. The summed E-state index contributed by atoms with van der Waals surface area (Å²) >= 11 is 0. The summed E-state index contributed by atoms with van der Waals surface area (Å²) in [5.74, 6) is -14.2. The summed E-state index contributed by atoms with van der Waals surface area (Å²) in [5.41, 5.74) is 0. The molecule has 1 N–H and O–H groups in total. The minimum absolute atomic E-state index is 0.0751. The van der Waals surface area contributed by atoms with Crippen molar-refractivity contribution < 1.29 is 93.1 Å². The second-order valence-electron chi connectivity index (χ2n) is 11.0. The Balaban J connectivity index is 1.71. The van der Waals surface area contributed by atoms with Gasteiger partial charge in [0.05, 0.1) is 165 Å². The molecule has 0 heterocycles. The number of rotatable bonds is 40. The van der Waals surface area contributed by atoms with Crippen molar-refractivity contribution in [1.82, 2.24) is 5.32 Å². The maximum absolute atomic E-state index is 13.6. The second-order valence-corrected chi connectivity index (χ2v) is 11.0. The summed E-state index contributed by atoms with van der Waals surface area (Å²) in [6, 6.07) is 0. The van der Waals surface area contributed by atoms with Gasteiger partial charge in [-0.1, -0.05) is 0 Å². The van der Waals surface area contributed by atoms with E-state index in [1.54, 1.807) is 0 Å². The van der Waals surface area contributed by atoms with Crippen LogP contribution in [0.5, 0.6) is 5.75 Å². The molecule has 0 aliphatic rings. The van der Waals surface area contributed by atoms with Gasteiger partial charge in [0.1, 0.15) is 0 Å². The minimum Gasteiger partial charge on any atom is -0.420 e. The van der Waals surface area contributed by atoms with Crippen LogP contribution in [0.4, 0.5) is 22.0 Å². The largest absolute Gasteiger partial charge is 0.420 e. The van der Waals surface area contributed by atoms with E-state index in [4.69, 9.17) is 56.8 Å². The van der Waals surface area contributed by atoms with Gasteiger partial charge in [-0.15, -0.1) is 0 Å². The van der Waals surface area contributed by atoms with Crippen molar-refractivity contribution in [3.05, 3.63) is 29.1 Å². The molecule has 0 aromatic heterocycles. The van der Waals surface area contributed by atoms with E-state index in [2.05, 4.69) is 10.1 Å². The Morgan fingerprint density at radius 1 is 0.375 bits per heavy atom. The summed E-state index contributed by atoms with van der Waals surface area (Å²) in [6.45, 7) is 10.8. The molecule has 0 spiro atoms. The molecule has 56 heavy (non-hydrogen) atoms. The maximum Gasteiger partial charge on any atom is 0.313 e. The average Bonchev–Trinajstić information content (AvgIpc) is 3.18. The fourth-order valence-electron chi connectivity index (χ4n) is 3.82. The Bertz CT molecular complexity index is 1120. The van der Waals surface area contributed by atoms with Gasteiger partial charge in [-0.2, -0.15) is 8.78 Å². The zero-order valence-corrected chi connectivity index (χ0v) is 31.9. The molecule has 1 aromatic carbocycles. The van der Waals surface area contributed by atoms with Gasteiger partial charge in [0, 0.05) is 13.5 Å². The average molecular weight is 826 g/mol. The quantitative estimate of drug-likeness (QED) is 0.0255. The number of benzene rings is 1. The van der Waals surface area contributed by atoms with E-state index in [0.29, 0.717) is 139 Å². The minimum atomic E-state index is -2.35. The molecule has 1 amide bonds. The molecule has 21 heteroatoms. The fourth-order valence-corrected chi connectivity index (χ4v) is 3.82. The van der Waals surface area contributed by atoms with Crippen LogP contribution in [-0.4, -0.2) is 177 Å². The number of hydrogen-bond donors (Lipinski definition) is 1. The number of halogens is 5. The molecular weight excluding hydrogens is 769 g/mol. The molecule has 0 aliphatic heterocycles. The first-order valence-corrected chi connectivity index (χ1v) is 18.1. The van der Waals surface area contributed by atoms with E-state index in [1.807, 2.05) is 0 Å². The summed E-state index contributed by atoms with van der Waals surface area (Å²) in [5, 5.41) is 2.64. The molecular formula is C35H56F5NO15. The second kappa shape index (κ2) is 36.7. The van der Waals surface area contributed by atoms with Gasteiger partial charge in [0.15, 0.2) is 0 Å². The van der Waals surface area contributed by atoms with Crippen molar-refractivity contribution in [3.8, 4) is 5.75 Å². The number of carbonyl (C=O) groups is 2. The first kappa shape index (κ1) is 51.3. The Kier molecular flexibility index (Phi) is 33.6. The SMILES string of the molecule is CC(=O)NCCOCCOCCOCCOCCOCCOCCOCCOCCOCCOCCOCCOCCC(=O)Oc1c(F)c(F)c(F)c(F)c1F. The standard InChI is InChI=1S/C35H56F5NO15/c1-28(42)41-3-5-45-7-9-47-11-13-49-15-17-51-19-21-53-23-25-55-27-26-54-24-22-52-20-18-50-16-14-48-12-10-46-8-6-44-4-2-29(43)56-35-33(39)31(37)30(36)32(38)34(35)40/h2-27H2,1H3,(H,41,42). The van der Waals surface area contributed by atoms with E-state index in [9.17, 15) is 31.5 Å². The number of hydrogen-bond acceptors (Lipinski definition) is 15. The maximum atomic E-state index is 13.6. The molecule has 0 fully saturated rings. The van der Waals surface area contributed by atoms with E-state index in [1.165, 1.54) is 6.92 Å². The van der Waals surface area contributed by atoms with Gasteiger partial charge >= 0.3 is 5.97 Å². The Hall–Kier alpha value is -2.67. The van der Waals surface area contributed by atoms with Crippen LogP contribution < -0.4 is 10.1 Å². The van der Waals surface area contributed by atoms with Gasteiger partial charge in [-0.25, -0.2) is 13.2 Å². The van der Waals surface area contributed by atoms with Crippen LogP contribution in [0.15, 0.2) is 0 Å². The van der Waals surface area contributed by atoms with Crippen molar-refractivity contribution >= 4 is 11.9 Å². The Labute approximate surface area is 323 Å². The van der Waals surface area contributed by atoms with Gasteiger partial charge in [0.2, 0.25) is 40.7 Å². The van der Waals surface area contributed by atoms with Gasteiger partial charge in [0.25, 0.3) is 0 Å². The highest BCUT2D eigenvalue weighted by molar-refractivity contribution is 5.73. The third-order valence-electron chi connectivity index (χ3n) is 6.55. The highest BCUT2D eigenvalue weighted by atomic mass is 19.2. The zero-order valence-electron chi connectivity index (χ0n) is 31.9. The van der Waals surface area contributed by atoms with Crippen molar-refractivity contribution in [2.24, 2.45) is 0 Å². The van der Waals surface area contributed by atoms with Crippen molar-refractivity contribution in [3.63, 3.8) is 0 Å². The number of esters is 1. The lowest BCUT2D eigenvalue weighted by Gasteiger charge is -2.09. The number of nitrogens with one attached hydrogen (secondary N) is 1. The fraction of sp³-hybridized carbons (Fsp3) is 0.771. The topological polar surface area (TPSA) is 166 Å². The lowest BCUT2D eigenvalue weighted by Crippen LogP contribution is -2.25. The van der Waals surface area contributed by atoms with Crippen LogP contribution in [0.2, 0.25) is 0 Å². The third-order valence-corrected chi connectivity index (χ3v) is 6.55. The van der Waals surface area contributed by atoms with E-state index in [0.717, 1.165) is 0 Å². The van der Waals surface area contributed by atoms with Crippen LogP contribution in [0.1, 0.15) is 13.3 Å². The normalized spacial score (nSPS) is 11.4. The summed E-state index contributed by atoms with van der Waals surface area (Å²) in [6.07, 6.45) is -0.491. The number of carbonyl (C=O) groups excluding carboxylic acids is 2. The summed E-state index contributed by atoms with van der Waals surface area (Å²) in [7, 11) is 0. The lowest BCUT2D eigenvalue weighted by molar-refractivity contribution is -0.136. The third kappa shape index (κ3) is 28.7. The highest BCUT2D eigenvalue weighted by Gasteiger charge is 2.28.